The standard InChI is InChI=1S/C22H32O3/c1-13(12-23)16-4-5-17-20-18(7-9-22(16,17)3)21(2)8-6-15(24)10-14(21)11-19(20)25/h10,12-13,16-20,25H,4-9,11H2,1-3H3/t13?,16?,17?,18?,19-,20?,21+,22-/m1/s1. The Morgan fingerprint density at radius 3 is 2.68 bits per heavy atom. The summed E-state index contributed by atoms with van der Waals surface area (Å²) in [5.74, 6) is 2.15. The Balaban J connectivity index is 1.69. The molecule has 0 bridgehead atoms. The first-order valence-corrected chi connectivity index (χ1v) is 10.2. The molecule has 0 aromatic carbocycles. The van der Waals surface area contributed by atoms with Crippen LogP contribution in [-0.2, 0) is 9.59 Å². The third-order valence-corrected chi connectivity index (χ3v) is 8.91. The van der Waals surface area contributed by atoms with E-state index in [1.807, 2.05) is 6.08 Å². The highest BCUT2D eigenvalue weighted by molar-refractivity contribution is 5.91. The molecule has 8 atom stereocenters. The average Bonchev–Trinajstić information content (AvgIpc) is 2.93. The van der Waals surface area contributed by atoms with Gasteiger partial charge in [-0.3, -0.25) is 4.79 Å². The van der Waals surface area contributed by atoms with E-state index in [-0.39, 0.29) is 28.6 Å². The minimum atomic E-state index is -0.329. The second-order valence-corrected chi connectivity index (χ2v) is 9.84. The molecule has 0 radical (unpaired) electrons. The maximum Gasteiger partial charge on any atom is 0.155 e. The van der Waals surface area contributed by atoms with Gasteiger partial charge in [-0.15, -0.1) is 0 Å². The third-order valence-electron chi connectivity index (χ3n) is 8.91. The van der Waals surface area contributed by atoms with Crippen molar-refractivity contribution in [2.45, 2.75) is 71.8 Å². The van der Waals surface area contributed by atoms with Crippen LogP contribution in [0.3, 0.4) is 0 Å². The van der Waals surface area contributed by atoms with Gasteiger partial charge in [0.2, 0.25) is 0 Å². The number of hydrogen-bond acceptors (Lipinski definition) is 3. The summed E-state index contributed by atoms with van der Waals surface area (Å²) in [6.07, 6.45) is 9.48. The fraction of sp³-hybridized carbons (Fsp3) is 0.818. The van der Waals surface area contributed by atoms with E-state index in [2.05, 4.69) is 20.8 Å². The van der Waals surface area contributed by atoms with E-state index in [4.69, 9.17) is 0 Å². The van der Waals surface area contributed by atoms with Gasteiger partial charge < -0.3 is 9.90 Å². The van der Waals surface area contributed by atoms with Crippen LogP contribution in [0.1, 0.15) is 65.7 Å². The molecule has 0 aliphatic heterocycles. The Hall–Kier alpha value is -0.960. The largest absolute Gasteiger partial charge is 0.392 e. The number of aldehydes is 1. The molecule has 0 heterocycles. The van der Waals surface area contributed by atoms with Gasteiger partial charge in [0, 0.05) is 12.3 Å². The zero-order valence-corrected chi connectivity index (χ0v) is 15.8. The lowest BCUT2D eigenvalue weighted by Gasteiger charge is -2.59. The Kier molecular flexibility index (Phi) is 4.03. The number of aliphatic hydroxyl groups excluding tert-OH is 1. The summed E-state index contributed by atoms with van der Waals surface area (Å²) in [6, 6.07) is 0. The molecule has 0 saturated heterocycles. The van der Waals surface area contributed by atoms with E-state index >= 15 is 0 Å². The van der Waals surface area contributed by atoms with Gasteiger partial charge in [-0.05, 0) is 79.1 Å². The van der Waals surface area contributed by atoms with Gasteiger partial charge >= 0.3 is 0 Å². The van der Waals surface area contributed by atoms with Gasteiger partial charge in [0.25, 0.3) is 0 Å². The average molecular weight is 344 g/mol. The van der Waals surface area contributed by atoms with Crippen LogP contribution in [0.25, 0.3) is 0 Å². The number of ketones is 1. The minimum absolute atomic E-state index is 0.0908. The van der Waals surface area contributed by atoms with Crippen molar-refractivity contribution in [1.29, 1.82) is 0 Å². The van der Waals surface area contributed by atoms with E-state index < -0.39 is 0 Å². The number of aliphatic hydroxyl groups is 1. The fourth-order valence-electron chi connectivity index (χ4n) is 7.53. The van der Waals surface area contributed by atoms with Crippen molar-refractivity contribution in [2.75, 3.05) is 0 Å². The van der Waals surface area contributed by atoms with Crippen molar-refractivity contribution in [3.63, 3.8) is 0 Å². The first kappa shape index (κ1) is 17.5. The molecule has 5 unspecified atom stereocenters. The molecule has 1 N–H and O–H groups in total. The van der Waals surface area contributed by atoms with Crippen LogP contribution in [0.5, 0.6) is 0 Å². The van der Waals surface area contributed by atoms with Crippen LogP contribution in [-0.4, -0.2) is 23.3 Å². The molecule has 138 valence electrons. The molecule has 0 amide bonds. The first-order valence-electron chi connectivity index (χ1n) is 10.2. The summed E-state index contributed by atoms with van der Waals surface area (Å²) in [7, 11) is 0. The van der Waals surface area contributed by atoms with E-state index in [0.717, 1.165) is 38.4 Å². The quantitative estimate of drug-likeness (QED) is 0.772. The molecule has 3 saturated carbocycles. The summed E-state index contributed by atoms with van der Waals surface area (Å²) in [5, 5.41) is 11.1. The normalized spacial score (nSPS) is 50.3. The van der Waals surface area contributed by atoms with Crippen molar-refractivity contribution in [2.24, 2.45) is 40.4 Å². The number of carbonyl (C=O) groups is 2. The van der Waals surface area contributed by atoms with Gasteiger partial charge in [-0.2, -0.15) is 0 Å². The lowest BCUT2D eigenvalue weighted by molar-refractivity contribution is -0.126. The van der Waals surface area contributed by atoms with Crippen molar-refractivity contribution >= 4 is 12.1 Å². The van der Waals surface area contributed by atoms with Crippen LogP contribution in [0.15, 0.2) is 11.6 Å². The van der Waals surface area contributed by atoms with E-state index in [0.29, 0.717) is 36.5 Å². The lowest BCUT2D eigenvalue weighted by atomic mass is 9.46. The molecule has 4 aliphatic carbocycles. The molecule has 0 aromatic heterocycles. The number of fused-ring (bicyclic) bond motifs is 5. The van der Waals surface area contributed by atoms with E-state index in [1.165, 1.54) is 5.57 Å². The SMILES string of the molecule is CC(C=O)C1CCC2C3C(CC[C@]12C)[C@@]1(C)CCC(=O)C=C1C[C@H]3O. The highest BCUT2D eigenvalue weighted by Crippen LogP contribution is 2.67. The van der Waals surface area contributed by atoms with Crippen molar-refractivity contribution in [1.82, 2.24) is 0 Å². The maximum absolute atomic E-state index is 11.9. The van der Waals surface area contributed by atoms with Crippen molar-refractivity contribution < 1.29 is 14.7 Å². The molecular weight excluding hydrogens is 312 g/mol. The topological polar surface area (TPSA) is 54.4 Å². The molecule has 3 heteroatoms. The van der Waals surface area contributed by atoms with Crippen molar-refractivity contribution in [3.05, 3.63) is 11.6 Å². The molecular formula is C22H32O3. The molecule has 3 fully saturated rings. The summed E-state index contributed by atoms with van der Waals surface area (Å²) in [6.45, 7) is 6.80. The Bertz CT molecular complexity index is 623. The highest BCUT2D eigenvalue weighted by atomic mass is 16.3. The number of carbonyl (C=O) groups excluding carboxylic acids is 2. The molecule has 0 aromatic rings. The van der Waals surface area contributed by atoms with E-state index in [9.17, 15) is 14.7 Å². The van der Waals surface area contributed by atoms with Gasteiger partial charge in [0.15, 0.2) is 5.78 Å². The van der Waals surface area contributed by atoms with Gasteiger partial charge in [-0.25, -0.2) is 0 Å². The van der Waals surface area contributed by atoms with Crippen LogP contribution in [0, 0.1) is 40.4 Å². The lowest BCUT2D eigenvalue weighted by Crippen LogP contribution is -2.55. The number of hydrogen-bond donors (Lipinski definition) is 1. The second-order valence-electron chi connectivity index (χ2n) is 9.84. The smallest absolute Gasteiger partial charge is 0.155 e. The zero-order chi connectivity index (χ0) is 18.0. The second kappa shape index (κ2) is 5.77. The first-order chi connectivity index (χ1) is 11.8. The summed E-state index contributed by atoms with van der Waals surface area (Å²) >= 11 is 0. The molecule has 4 aliphatic rings. The molecule has 25 heavy (non-hydrogen) atoms. The van der Waals surface area contributed by atoms with Crippen LogP contribution in [0.2, 0.25) is 0 Å². The molecule has 0 spiro atoms. The monoisotopic (exact) mass is 344 g/mol. The summed E-state index contributed by atoms with van der Waals surface area (Å²) < 4.78 is 0. The Labute approximate surface area is 151 Å². The minimum Gasteiger partial charge on any atom is -0.392 e. The van der Waals surface area contributed by atoms with Crippen LogP contribution < -0.4 is 0 Å². The summed E-state index contributed by atoms with van der Waals surface area (Å²) in [4.78, 5) is 23.4. The van der Waals surface area contributed by atoms with Gasteiger partial charge in [-0.1, -0.05) is 26.3 Å². The van der Waals surface area contributed by atoms with Gasteiger partial charge in [0.1, 0.15) is 6.29 Å². The van der Waals surface area contributed by atoms with Crippen LogP contribution >= 0.6 is 0 Å². The maximum atomic E-state index is 11.9. The van der Waals surface area contributed by atoms with Gasteiger partial charge in [0.05, 0.1) is 6.10 Å². The predicted octanol–water partition coefficient (Wildman–Crippen LogP) is 3.94. The Morgan fingerprint density at radius 2 is 1.96 bits per heavy atom. The van der Waals surface area contributed by atoms with Crippen LogP contribution in [0.4, 0.5) is 0 Å². The molecule has 4 rings (SSSR count). The predicted molar refractivity (Wildman–Crippen MR) is 96.8 cm³/mol. The van der Waals surface area contributed by atoms with Crippen molar-refractivity contribution in [3.8, 4) is 0 Å². The summed E-state index contributed by atoms with van der Waals surface area (Å²) in [5.41, 5.74) is 1.48. The van der Waals surface area contributed by atoms with E-state index in [1.54, 1.807) is 0 Å². The zero-order valence-electron chi connectivity index (χ0n) is 15.8. The number of rotatable bonds is 2. The Morgan fingerprint density at radius 1 is 1.20 bits per heavy atom. The highest BCUT2D eigenvalue weighted by Gasteiger charge is 2.61. The third kappa shape index (κ3) is 2.34. The molecule has 3 nitrogen and oxygen atoms in total. The fourth-order valence-corrected chi connectivity index (χ4v) is 7.53.